The van der Waals surface area contributed by atoms with E-state index in [-0.39, 0.29) is 0 Å². The number of rotatable bonds is 2. The van der Waals surface area contributed by atoms with Gasteiger partial charge in [0.2, 0.25) is 0 Å². The van der Waals surface area contributed by atoms with Crippen molar-refractivity contribution in [1.29, 1.82) is 0 Å². The molecule has 0 amide bonds. The quantitative estimate of drug-likeness (QED) is 0.667. The van der Waals surface area contributed by atoms with Gasteiger partial charge in [-0.1, -0.05) is 0 Å². The molecule has 0 saturated heterocycles. The van der Waals surface area contributed by atoms with Crippen molar-refractivity contribution >= 4 is 40.0 Å². The molecule has 1 heterocycles. The van der Waals surface area contributed by atoms with Crippen molar-refractivity contribution in [1.82, 2.24) is 4.98 Å². The van der Waals surface area contributed by atoms with Crippen LogP contribution in [0.5, 0.6) is 0 Å². The summed E-state index contributed by atoms with van der Waals surface area (Å²) in [6.45, 7) is 3.86. The number of hydrogen-bond acceptors (Lipinski definition) is 4. The van der Waals surface area contributed by atoms with Crippen molar-refractivity contribution in [2.75, 3.05) is 5.73 Å². The van der Waals surface area contributed by atoms with Crippen molar-refractivity contribution in [3.8, 4) is 0 Å². The number of nitrogens with two attached hydrogens (primary N) is 1. The first-order valence-electron chi connectivity index (χ1n) is 4.73. The molecular formula is C11H11IN2OS. The average molecular weight is 346 g/mol. The highest BCUT2D eigenvalue weighted by Gasteiger charge is 2.09. The van der Waals surface area contributed by atoms with Crippen molar-refractivity contribution in [3.05, 3.63) is 33.2 Å². The zero-order valence-electron chi connectivity index (χ0n) is 8.95. The number of nitrogens with zero attached hydrogens (tertiary/aromatic N) is 1. The monoisotopic (exact) mass is 346 g/mol. The second-order valence-electron chi connectivity index (χ2n) is 3.41. The first-order chi connectivity index (χ1) is 7.56. The summed E-state index contributed by atoms with van der Waals surface area (Å²) in [6.07, 6.45) is 0. The smallest absolute Gasteiger partial charge is 0.261 e. The van der Waals surface area contributed by atoms with E-state index in [0.717, 1.165) is 25.6 Å². The van der Waals surface area contributed by atoms with E-state index in [1.807, 2.05) is 32.0 Å². The maximum absolute atomic E-state index is 5.70. The van der Waals surface area contributed by atoms with Gasteiger partial charge in [0.25, 0.3) is 5.22 Å². The Morgan fingerprint density at radius 1 is 1.38 bits per heavy atom. The van der Waals surface area contributed by atoms with E-state index < -0.39 is 0 Å². The highest BCUT2D eigenvalue weighted by atomic mass is 127. The molecule has 5 heteroatoms. The average Bonchev–Trinajstić information content (AvgIpc) is 2.51. The number of hydrogen-bond donors (Lipinski definition) is 1. The largest absolute Gasteiger partial charge is 0.436 e. The predicted molar refractivity (Wildman–Crippen MR) is 73.7 cm³/mol. The van der Waals surface area contributed by atoms with Crippen LogP contribution in [0.1, 0.15) is 11.5 Å². The maximum atomic E-state index is 5.70. The predicted octanol–water partition coefficient (Wildman–Crippen LogP) is 3.63. The number of anilines is 1. The summed E-state index contributed by atoms with van der Waals surface area (Å²) in [7, 11) is 0. The molecule has 0 spiro atoms. The lowest BCUT2D eigenvalue weighted by molar-refractivity contribution is 0.431. The van der Waals surface area contributed by atoms with Crippen LogP contribution >= 0.6 is 34.4 Å². The van der Waals surface area contributed by atoms with Gasteiger partial charge >= 0.3 is 0 Å². The zero-order chi connectivity index (χ0) is 11.7. The molecule has 84 valence electrons. The Kier molecular flexibility index (Phi) is 3.44. The number of aromatic nitrogens is 1. The molecule has 0 aliphatic carbocycles. The normalized spacial score (nSPS) is 10.7. The number of aryl methyl sites for hydroxylation is 2. The fraction of sp³-hybridized carbons (Fsp3) is 0.182. The molecule has 2 aromatic rings. The second-order valence-corrected chi connectivity index (χ2v) is 5.57. The summed E-state index contributed by atoms with van der Waals surface area (Å²) in [5, 5.41) is 0.678. The molecular weight excluding hydrogens is 335 g/mol. The van der Waals surface area contributed by atoms with Gasteiger partial charge in [0.05, 0.1) is 5.69 Å². The Morgan fingerprint density at radius 3 is 2.69 bits per heavy atom. The molecule has 0 unspecified atom stereocenters. The molecule has 16 heavy (non-hydrogen) atoms. The van der Waals surface area contributed by atoms with Crippen molar-refractivity contribution < 1.29 is 4.42 Å². The Bertz CT molecular complexity index is 505. The van der Waals surface area contributed by atoms with Crippen LogP contribution in [0.2, 0.25) is 0 Å². The van der Waals surface area contributed by atoms with Gasteiger partial charge < -0.3 is 10.2 Å². The van der Waals surface area contributed by atoms with E-state index in [2.05, 4.69) is 27.6 Å². The van der Waals surface area contributed by atoms with Crippen LogP contribution in [0, 0.1) is 17.4 Å². The van der Waals surface area contributed by atoms with E-state index in [4.69, 9.17) is 10.2 Å². The van der Waals surface area contributed by atoms with E-state index in [1.54, 1.807) is 0 Å². The standard InChI is InChI=1S/C11H11IN2OS/c1-6-7(2)15-11(14-6)16-10-4-3-8(13)5-9(10)12/h3-5H,13H2,1-2H3. The van der Waals surface area contributed by atoms with Crippen LogP contribution in [0.3, 0.4) is 0 Å². The topological polar surface area (TPSA) is 52.0 Å². The molecule has 0 aliphatic rings. The minimum absolute atomic E-state index is 0.678. The van der Waals surface area contributed by atoms with E-state index in [1.165, 1.54) is 11.8 Å². The van der Waals surface area contributed by atoms with Crippen LogP contribution in [0.15, 0.2) is 32.7 Å². The molecule has 0 fully saturated rings. The SMILES string of the molecule is Cc1nc(Sc2ccc(N)cc2I)oc1C. The number of oxazole rings is 1. The van der Waals surface area contributed by atoms with Crippen LogP contribution in [0.25, 0.3) is 0 Å². The molecule has 0 saturated carbocycles. The fourth-order valence-electron chi connectivity index (χ4n) is 1.18. The lowest BCUT2D eigenvalue weighted by atomic mass is 10.3. The summed E-state index contributed by atoms with van der Waals surface area (Å²) in [4.78, 5) is 5.44. The van der Waals surface area contributed by atoms with Gasteiger partial charge in [-0.2, -0.15) is 0 Å². The fourth-order valence-corrected chi connectivity index (χ4v) is 2.88. The molecule has 1 aromatic carbocycles. The summed E-state index contributed by atoms with van der Waals surface area (Å²) >= 11 is 3.78. The molecule has 0 aliphatic heterocycles. The molecule has 3 nitrogen and oxygen atoms in total. The Labute approximate surface area is 112 Å². The Morgan fingerprint density at radius 2 is 2.12 bits per heavy atom. The van der Waals surface area contributed by atoms with Crippen LogP contribution in [-0.2, 0) is 0 Å². The summed E-state index contributed by atoms with van der Waals surface area (Å²) < 4.78 is 6.63. The van der Waals surface area contributed by atoms with E-state index in [9.17, 15) is 0 Å². The Balaban J connectivity index is 2.27. The zero-order valence-corrected chi connectivity index (χ0v) is 11.9. The molecule has 0 atom stereocenters. The Hall–Kier alpha value is -0.690. The maximum Gasteiger partial charge on any atom is 0.261 e. The van der Waals surface area contributed by atoms with Gasteiger partial charge in [-0.25, -0.2) is 4.98 Å². The van der Waals surface area contributed by atoms with Gasteiger partial charge in [0.15, 0.2) is 0 Å². The van der Waals surface area contributed by atoms with E-state index in [0.29, 0.717) is 5.22 Å². The molecule has 0 bridgehead atoms. The van der Waals surface area contributed by atoms with Gasteiger partial charge in [0, 0.05) is 14.2 Å². The van der Waals surface area contributed by atoms with Crippen LogP contribution in [0.4, 0.5) is 5.69 Å². The number of nitrogen functional groups attached to an aromatic ring is 1. The summed E-state index contributed by atoms with van der Waals surface area (Å²) in [5.41, 5.74) is 7.41. The second kappa shape index (κ2) is 4.67. The van der Waals surface area contributed by atoms with Crippen LogP contribution in [-0.4, -0.2) is 4.98 Å². The lowest BCUT2D eigenvalue weighted by Crippen LogP contribution is -1.86. The minimum atomic E-state index is 0.678. The van der Waals surface area contributed by atoms with Gasteiger partial charge in [-0.05, 0) is 66.4 Å². The first-order valence-corrected chi connectivity index (χ1v) is 6.62. The highest BCUT2D eigenvalue weighted by Crippen LogP contribution is 2.32. The summed E-state index contributed by atoms with van der Waals surface area (Å²) in [6, 6.07) is 5.80. The molecule has 1 aromatic heterocycles. The van der Waals surface area contributed by atoms with Gasteiger partial charge in [-0.3, -0.25) is 0 Å². The molecule has 2 N–H and O–H groups in total. The summed E-state index contributed by atoms with van der Waals surface area (Å²) in [5.74, 6) is 0.868. The first kappa shape index (κ1) is 11.8. The third-order valence-electron chi connectivity index (χ3n) is 2.16. The number of halogens is 1. The minimum Gasteiger partial charge on any atom is -0.436 e. The van der Waals surface area contributed by atoms with E-state index >= 15 is 0 Å². The highest BCUT2D eigenvalue weighted by molar-refractivity contribution is 14.1. The van der Waals surface area contributed by atoms with Gasteiger partial charge in [-0.15, -0.1) is 0 Å². The third kappa shape index (κ3) is 2.52. The van der Waals surface area contributed by atoms with Crippen molar-refractivity contribution in [2.24, 2.45) is 0 Å². The van der Waals surface area contributed by atoms with Crippen molar-refractivity contribution in [2.45, 2.75) is 24.0 Å². The van der Waals surface area contributed by atoms with Crippen LogP contribution < -0.4 is 5.73 Å². The number of benzene rings is 1. The van der Waals surface area contributed by atoms with Crippen molar-refractivity contribution in [3.63, 3.8) is 0 Å². The lowest BCUT2D eigenvalue weighted by Gasteiger charge is -2.01. The molecule has 2 rings (SSSR count). The third-order valence-corrected chi connectivity index (χ3v) is 4.35. The molecule has 0 radical (unpaired) electrons. The van der Waals surface area contributed by atoms with Gasteiger partial charge in [0.1, 0.15) is 5.76 Å².